The number of benzene rings is 1. The second-order valence-electron chi connectivity index (χ2n) is 4.97. The highest BCUT2D eigenvalue weighted by Gasteiger charge is 2.36. The molecule has 0 N–H and O–H groups in total. The highest BCUT2D eigenvalue weighted by atomic mass is 32.1. The lowest BCUT2D eigenvalue weighted by molar-refractivity contribution is -0.137. The third kappa shape index (κ3) is 3.04. The van der Waals surface area contributed by atoms with Gasteiger partial charge in [0.25, 0.3) is 0 Å². The van der Waals surface area contributed by atoms with Crippen molar-refractivity contribution in [1.82, 2.24) is 0 Å². The summed E-state index contributed by atoms with van der Waals surface area (Å²) in [6, 6.07) is 5.45. The molecular weight excluding hydrogens is 271 g/mol. The molecule has 19 heavy (non-hydrogen) atoms. The summed E-state index contributed by atoms with van der Waals surface area (Å²) in [7, 11) is 0. The standard InChI is InChI=1S/C14H14F3NS/c15-14(16,17)12-5-3-11(4-6-12)13(9-18-10-19)7-1-2-8-13/h3-6H,1-2,7-9H2. The molecule has 0 heterocycles. The molecule has 5 heteroatoms. The van der Waals surface area contributed by atoms with Crippen LogP contribution in [-0.4, -0.2) is 11.7 Å². The van der Waals surface area contributed by atoms with E-state index in [0.29, 0.717) is 6.54 Å². The Bertz CT molecular complexity index is 480. The summed E-state index contributed by atoms with van der Waals surface area (Å²) in [4.78, 5) is 4.02. The molecule has 0 radical (unpaired) electrons. The zero-order valence-corrected chi connectivity index (χ0v) is 11.2. The first-order valence-corrected chi connectivity index (χ1v) is 6.60. The smallest absolute Gasteiger partial charge is 0.232 e. The molecule has 0 aromatic heterocycles. The number of hydrogen-bond donors (Lipinski definition) is 0. The van der Waals surface area contributed by atoms with E-state index in [1.807, 2.05) is 0 Å². The van der Waals surface area contributed by atoms with Crippen LogP contribution >= 0.6 is 12.2 Å². The molecular formula is C14H14F3NS. The van der Waals surface area contributed by atoms with E-state index in [9.17, 15) is 13.2 Å². The minimum Gasteiger partial charge on any atom is -0.232 e. The van der Waals surface area contributed by atoms with Gasteiger partial charge in [-0.1, -0.05) is 25.0 Å². The topological polar surface area (TPSA) is 12.4 Å². The fraction of sp³-hybridized carbons (Fsp3) is 0.500. The van der Waals surface area contributed by atoms with Crippen molar-refractivity contribution < 1.29 is 13.2 Å². The average Bonchev–Trinajstić information content (AvgIpc) is 2.85. The van der Waals surface area contributed by atoms with Gasteiger partial charge < -0.3 is 0 Å². The SMILES string of the molecule is FC(F)(F)c1ccc(C2(CN=C=S)CCCC2)cc1. The lowest BCUT2D eigenvalue weighted by Crippen LogP contribution is -2.26. The monoisotopic (exact) mass is 285 g/mol. The molecule has 1 aromatic rings. The van der Waals surface area contributed by atoms with Crippen molar-refractivity contribution in [2.75, 3.05) is 6.54 Å². The summed E-state index contributed by atoms with van der Waals surface area (Å²) in [5, 5.41) is 2.35. The van der Waals surface area contributed by atoms with Crippen molar-refractivity contribution in [1.29, 1.82) is 0 Å². The number of nitrogens with zero attached hydrogens (tertiary/aromatic N) is 1. The van der Waals surface area contributed by atoms with Crippen LogP contribution in [0.1, 0.15) is 36.8 Å². The molecule has 0 atom stereocenters. The maximum absolute atomic E-state index is 12.6. The van der Waals surface area contributed by atoms with Crippen molar-refractivity contribution in [3.05, 3.63) is 35.4 Å². The van der Waals surface area contributed by atoms with E-state index in [1.165, 1.54) is 0 Å². The van der Waals surface area contributed by atoms with Crippen LogP contribution in [0.4, 0.5) is 13.2 Å². The Kier molecular flexibility index (Phi) is 4.07. The molecule has 1 aliphatic carbocycles. The Morgan fingerprint density at radius 2 is 1.74 bits per heavy atom. The van der Waals surface area contributed by atoms with Gasteiger partial charge in [-0.3, -0.25) is 0 Å². The fourth-order valence-electron chi connectivity index (χ4n) is 2.79. The quantitative estimate of drug-likeness (QED) is 0.583. The molecule has 0 saturated heterocycles. The van der Waals surface area contributed by atoms with Crippen molar-refractivity contribution in [3.63, 3.8) is 0 Å². The summed E-state index contributed by atoms with van der Waals surface area (Å²) < 4.78 is 37.7. The molecule has 0 amide bonds. The van der Waals surface area contributed by atoms with E-state index in [2.05, 4.69) is 22.4 Å². The molecule has 1 aliphatic rings. The van der Waals surface area contributed by atoms with Gasteiger partial charge in [0.15, 0.2) is 0 Å². The Morgan fingerprint density at radius 3 is 2.21 bits per heavy atom. The van der Waals surface area contributed by atoms with Gasteiger partial charge >= 0.3 is 6.18 Å². The van der Waals surface area contributed by atoms with Crippen LogP contribution in [0.2, 0.25) is 0 Å². The Balaban J connectivity index is 2.30. The van der Waals surface area contributed by atoms with Crippen molar-refractivity contribution in [3.8, 4) is 0 Å². The summed E-state index contributed by atoms with van der Waals surface area (Å²) in [5.74, 6) is 0. The first-order chi connectivity index (χ1) is 8.98. The van der Waals surface area contributed by atoms with Crippen molar-refractivity contribution in [2.24, 2.45) is 4.99 Å². The molecule has 2 rings (SSSR count). The van der Waals surface area contributed by atoms with Gasteiger partial charge in [0.05, 0.1) is 17.3 Å². The van der Waals surface area contributed by atoms with Crippen LogP contribution in [0.15, 0.2) is 29.3 Å². The third-order valence-electron chi connectivity index (χ3n) is 3.83. The summed E-state index contributed by atoms with van der Waals surface area (Å²) in [5.41, 5.74) is 0.158. The maximum Gasteiger partial charge on any atom is 0.416 e. The van der Waals surface area contributed by atoms with Gasteiger partial charge in [0, 0.05) is 5.41 Å². The predicted molar refractivity (Wildman–Crippen MR) is 71.5 cm³/mol. The number of rotatable bonds is 3. The van der Waals surface area contributed by atoms with E-state index in [-0.39, 0.29) is 5.41 Å². The largest absolute Gasteiger partial charge is 0.416 e. The van der Waals surface area contributed by atoms with Crippen molar-refractivity contribution in [2.45, 2.75) is 37.3 Å². The van der Waals surface area contributed by atoms with Crippen molar-refractivity contribution >= 4 is 17.4 Å². The van der Waals surface area contributed by atoms with Gasteiger partial charge in [-0.2, -0.15) is 13.2 Å². The number of hydrogen-bond acceptors (Lipinski definition) is 2. The lowest BCUT2D eigenvalue weighted by atomic mass is 9.78. The Morgan fingerprint density at radius 1 is 1.16 bits per heavy atom. The first-order valence-electron chi connectivity index (χ1n) is 6.19. The van der Waals surface area contributed by atoms with Crippen LogP contribution in [0.25, 0.3) is 0 Å². The number of isothiocyanates is 1. The maximum atomic E-state index is 12.6. The van der Waals surface area contributed by atoms with E-state index in [0.717, 1.165) is 43.4 Å². The third-order valence-corrected chi connectivity index (χ3v) is 3.96. The summed E-state index contributed by atoms with van der Waals surface area (Å²) >= 11 is 4.59. The number of aliphatic imine (C=N–C) groups is 1. The second-order valence-corrected chi connectivity index (χ2v) is 5.15. The molecule has 0 aliphatic heterocycles. The Hall–Kier alpha value is -1.19. The highest BCUT2D eigenvalue weighted by molar-refractivity contribution is 7.78. The molecule has 102 valence electrons. The van der Waals surface area contributed by atoms with E-state index in [4.69, 9.17) is 0 Å². The van der Waals surface area contributed by atoms with Crippen LogP contribution in [-0.2, 0) is 11.6 Å². The van der Waals surface area contributed by atoms with Crippen LogP contribution in [0, 0.1) is 0 Å². The number of alkyl halides is 3. The highest BCUT2D eigenvalue weighted by Crippen LogP contribution is 2.42. The van der Waals surface area contributed by atoms with Crippen LogP contribution in [0.3, 0.4) is 0 Å². The van der Waals surface area contributed by atoms with Crippen LogP contribution < -0.4 is 0 Å². The second kappa shape index (κ2) is 5.43. The zero-order chi connectivity index (χ0) is 13.9. The van der Waals surface area contributed by atoms with E-state index < -0.39 is 11.7 Å². The van der Waals surface area contributed by atoms with Gasteiger partial charge in [-0.25, -0.2) is 4.99 Å². The molecule has 0 spiro atoms. The van der Waals surface area contributed by atoms with E-state index in [1.54, 1.807) is 12.1 Å². The zero-order valence-electron chi connectivity index (χ0n) is 10.3. The van der Waals surface area contributed by atoms with Gasteiger partial charge in [0.2, 0.25) is 0 Å². The van der Waals surface area contributed by atoms with Crippen LogP contribution in [0.5, 0.6) is 0 Å². The summed E-state index contributed by atoms with van der Waals surface area (Å²) in [6.45, 7) is 0.516. The minimum absolute atomic E-state index is 0.157. The van der Waals surface area contributed by atoms with E-state index >= 15 is 0 Å². The number of thiocarbonyl (C=S) groups is 1. The molecule has 1 fully saturated rings. The predicted octanol–water partition coefficient (Wildman–Crippen LogP) is 4.62. The average molecular weight is 285 g/mol. The molecule has 1 saturated carbocycles. The molecule has 0 bridgehead atoms. The molecule has 1 nitrogen and oxygen atoms in total. The first kappa shape index (κ1) is 14.2. The fourth-order valence-corrected chi connectivity index (χ4v) is 2.85. The number of halogens is 3. The Labute approximate surface area is 115 Å². The van der Waals surface area contributed by atoms with Gasteiger partial charge in [-0.15, -0.1) is 0 Å². The lowest BCUT2D eigenvalue weighted by Gasteiger charge is -2.27. The molecule has 1 aromatic carbocycles. The minimum atomic E-state index is -4.28. The van der Waals surface area contributed by atoms with Gasteiger partial charge in [0.1, 0.15) is 0 Å². The summed E-state index contributed by atoms with van der Waals surface area (Å²) in [6.07, 6.45) is -0.242. The molecule has 0 unspecified atom stereocenters. The van der Waals surface area contributed by atoms with Gasteiger partial charge in [-0.05, 0) is 42.8 Å². The normalized spacial score (nSPS) is 18.1.